The summed E-state index contributed by atoms with van der Waals surface area (Å²) >= 11 is 1.55. The van der Waals surface area contributed by atoms with Crippen molar-refractivity contribution in [2.24, 2.45) is 0 Å². The average molecular weight is 470 g/mol. The van der Waals surface area contributed by atoms with Crippen molar-refractivity contribution in [2.45, 2.75) is 31.4 Å². The van der Waals surface area contributed by atoms with Gasteiger partial charge in [-0.2, -0.15) is 4.98 Å². The molecular weight excluding hydrogens is 447 g/mol. The molecule has 0 aliphatic carbocycles. The fourth-order valence-electron chi connectivity index (χ4n) is 3.51. The molecule has 2 unspecified atom stereocenters. The molecule has 7 nitrogen and oxygen atoms in total. The highest BCUT2D eigenvalue weighted by Gasteiger charge is 2.44. The summed E-state index contributed by atoms with van der Waals surface area (Å²) in [7, 11) is 0. The lowest BCUT2D eigenvalue weighted by Gasteiger charge is -2.37. The molecule has 4 rings (SSSR count). The van der Waals surface area contributed by atoms with Gasteiger partial charge in [0.05, 0.1) is 23.5 Å². The van der Waals surface area contributed by atoms with Gasteiger partial charge in [-0.15, -0.1) is 36.2 Å². The van der Waals surface area contributed by atoms with Crippen molar-refractivity contribution in [3.05, 3.63) is 23.4 Å². The third-order valence-corrected chi connectivity index (χ3v) is 5.99. The van der Waals surface area contributed by atoms with Crippen molar-refractivity contribution in [3.63, 3.8) is 0 Å². The van der Waals surface area contributed by atoms with Gasteiger partial charge in [-0.25, -0.2) is 8.78 Å². The number of amides is 1. The van der Waals surface area contributed by atoms with E-state index in [4.69, 9.17) is 4.52 Å². The van der Waals surface area contributed by atoms with Crippen LogP contribution in [0.3, 0.4) is 0 Å². The van der Waals surface area contributed by atoms with E-state index in [1.807, 2.05) is 24.4 Å². The molecule has 4 heterocycles. The van der Waals surface area contributed by atoms with E-state index in [2.05, 4.69) is 20.4 Å². The number of aromatic nitrogens is 2. The van der Waals surface area contributed by atoms with Crippen LogP contribution >= 0.6 is 36.2 Å². The molecule has 2 aliphatic rings. The summed E-state index contributed by atoms with van der Waals surface area (Å²) in [6.45, 7) is 3.82. The van der Waals surface area contributed by atoms with Gasteiger partial charge in [-0.1, -0.05) is 11.2 Å². The van der Waals surface area contributed by atoms with E-state index < -0.39 is 24.9 Å². The first-order valence-corrected chi connectivity index (χ1v) is 9.82. The van der Waals surface area contributed by atoms with Crippen LogP contribution in [0.5, 0.6) is 0 Å². The molecule has 0 radical (unpaired) electrons. The second-order valence-electron chi connectivity index (χ2n) is 6.96. The minimum absolute atomic E-state index is 0. The Morgan fingerprint density at radius 3 is 2.66 bits per heavy atom. The van der Waals surface area contributed by atoms with Crippen LogP contribution in [0.4, 0.5) is 8.78 Å². The van der Waals surface area contributed by atoms with Gasteiger partial charge in [0.1, 0.15) is 0 Å². The number of thiophene rings is 1. The molecular formula is C17H23Cl2F2N5O2S. The Labute approximate surface area is 183 Å². The van der Waals surface area contributed by atoms with E-state index in [-0.39, 0.29) is 36.8 Å². The van der Waals surface area contributed by atoms with E-state index in [1.165, 1.54) is 0 Å². The Bertz CT molecular complexity index is 800. The summed E-state index contributed by atoms with van der Waals surface area (Å²) in [6, 6.07) is 3.02. The first-order valence-electron chi connectivity index (χ1n) is 8.94. The summed E-state index contributed by atoms with van der Waals surface area (Å²) in [6.07, 6.45) is -0.421. The molecule has 29 heavy (non-hydrogen) atoms. The fourth-order valence-corrected chi connectivity index (χ4v) is 4.16. The highest BCUT2D eigenvalue weighted by molar-refractivity contribution is 7.13. The third kappa shape index (κ3) is 5.24. The minimum atomic E-state index is -2.80. The first kappa shape index (κ1) is 23.9. The number of nitrogens with zero attached hydrogens (tertiary/aromatic N) is 4. The standard InChI is InChI=1S/C17H21F2N5O2S.2ClH/c1-11(15-21-14(22-26-15)13-3-2-8-27-13)23-4-6-24(7-5-23)16(25)12-9-17(18,19)10-20-12;;/h2-3,8,11-12,20H,4-7,9-10H2,1H3;2*1H. The number of carbonyl (C=O) groups is 1. The molecule has 2 aromatic heterocycles. The van der Waals surface area contributed by atoms with Crippen LogP contribution in [0.25, 0.3) is 10.7 Å². The zero-order chi connectivity index (χ0) is 19.0. The van der Waals surface area contributed by atoms with Gasteiger partial charge >= 0.3 is 0 Å². The van der Waals surface area contributed by atoms with Crippen molar-refractivity contribution >= 4 is 42.1 Å². The summed E-state index contributed by atoms with van der Waals surface area (Å²) < 4.78 is 32.0. The van der Waals surface area contributed by atoms with Crippen molar-refractivity contribution < 1.29 is 18.1 Å². The second kappa shape index (κ2) is 9.65. The number of alkyl halides is 2. The molecule has 0 saturated carbocycles. The number of piperazine rings is 1. The quantitative estimate of drug-likeness (QED) is 0.741. The van der Waals surface area contributed by atoms with Gasteiger partial charge in [0.15, 0.2) is 0 Å². The Hall–Kier alpha value is -1.33. The molecule has 2 aromatic rings. The fraction of sp³-hybridized carbons (Fsp3) is 0.588. The number of nitrogens with one attached hydrogen (secondary N) is 1. The van der Waals surface area contributed by atoms with Crippen LogP contribution in [-0.4, -0.2) is 70.5 Å². The summed E-state index contributed by atoms with van der Waals surface area (Å²) in [4.78, 5) is 21.7. The lowest BCUT2D eigenvalue weighted by molar-refractivity contribution is -0.135. The van der Waals surface area contributed by atoms with E-state index in [9.17, 15) is 13.6 Å². The van der Waals surface area contributed by atoms with Crippen molar-refractivity contribution in [1.82, 2.24) is 25.3 Å². The van der Waals surface area contributed by atoms with Crippen LogP contribution < -0.4 is 5.32 Å². The highest BCUT2D eigenvalue weighted by atomic mass is 35.5. The van der Waals surface area contributed by atoms with Crippen LogP contribution in [0, 0.1) is 0 Å². The lowest BCUT2D eigenvalue weighted by Crippen LogP contribution is -2.53. The third-order valence-electron chi connectivity index (χ3n) is 5.12. The van der Waals surface area contributed by atoms with Crippen molar-refractivity contribution in [1.29, 1.82) is 0 Å². The summed E-state index contributed by atoms with van der Waals surface area (Å²) in [5, 5.41) is 8.63. The van der Waals surface area contributed by atoms with Crippen LogP contribution in [0.2, 0.25) is 0 Å². The largest absolute Gasteiger partial charge is 0.339 e. The predicted octanol–water partition coefficient (Wildman–Crippen LogP) is 2.84. The minimum Gasteiger partial charge on any atom is -0.339 e. The number of rotatable bonds is 4. The van der Waals surface area contributed by atoms with E-state index in [0.29, 0.717) is 37.9 Å². The molecule has 12 heteroatoms. The van der Waals surface area contributed by atoms with Gasteiger partial charge in [-0.05, 0) is 18.4 Å². The average Bonchev–Trinajstić information content (AvgIpc) is 3.40. The smallest absolute Gasteiger partial charge is 0.262 e. The molecule has 1 N–H and O–H groups in total. The molecule has 1 amide bonds. The highest BCUT2D eigenvalue weighted by Crippen LogP contribution is 2.28. The number of hydrogen-bond acceptors (Lipinski definition) is 7. The van der Waals surface area contributed by atoms with Crippen LogP contribution in [0.15, 0.2) is 22.0 Å². The molecule has 0 aromatic carbocycles. The normalized spacial score (nSPS) is 22.6. The van der Waals surface area contributed by atoms with Crippen molar-refractivity contribution in [2.75, 3.05) is 32.7 Å². The molecule has 2 fully saturated rings. The number of hydrogen-bond donors (Lipinski definition) is 1. The van der Waals surface area contributed by atoms with Crippen LogP contribution in [-0.2, 0) is 4.79 Å². The van der Waals surface area contributed by atoms with E-state index >= 15 is 0 Å². The van der Waals surface area contributed by atoms with Gasteiger partial charge in [0, 0.05) is 32.6 Å². The number of carbonyl (C=O) groups excluding carboxylic acids is 1. The Kier molecular flexibility index (Phi) is 7.97. The zero-order valence-electron chi connectivity index (χ0n) is 15.7. The van der Waals surface area contributed by atoms with Crippen LogP contribution in [0.1, 0.15) is 25.3 Å². The van der Waals surface area contributed by atoms with E-state index in [0.717, 1.165) is 4.88 Å². The van der Waals surface area contributed by atoms with Gasteiger partial charge in [0.2, 0.25) is 17.6 Å². The Morgan fingerprint density at radius 1 is 1.34 bits per heavy atom. The van der Waals surface area contributed by atoms with Gasteiger partial charge in [0.25, 0.3) is 5.92 Å². The van der Waals surface area contributed by atoms with E-state index in [1.54, 1.807) is 16.2 Å². The summed E-state index contributed by atoms with van der Waals surface area (Å²) in [5.74, 6) is -1.92. The molecule has 0 bridgehead atoms. The molecule has 162 valence electrons. The predicted molar refractivity (Wildman–Crippen MR) is 110 cm³/mol. The molecule has 2 aliphatic heterocycles. The van der Waals surface area contributed by atoms with Gasteiger partial charge < -0.3 is 9.42 Å². The maximum atomic E-state index is 13.3. The molecule has 2 saturated heterocycles. The zero-order valence-corrected chi connectivity index (χ0v) is 18.2. The lowest BCUT2D eigenvalue weighted by atomic mass is 10.1. The number of halogens is 4. The topological polar surface area (TPSA) is 74.5 Å². The Morgan fingerprint density at radius 2 is 2.07 bits per heavy atom. The Balaban J connectivity index is 0.00000150. The molecule has 2 atom stereocenters. The second-order valence-corrected chi connectivity index (χ2v) is 7.91. The maximum Gasteiger partial charge on any atom is 0.262 e. The first-order chi connectivity index (χ1) is 12.9. The maximum absolute atomic E-state index is 13.3. The van der Waals surface area contributed by atoms with Gasteiger partial charge in [-0.3, -0.25) is 15.0 Å². The molecule has 0 spiro atoms. The van der Waals surface area contributed by atoms with Crippen molar-refractivity contribution in [3.8, 4) is 10.7 Å². The SMILES string of the molecule is CC(c1nc(-c2cccs2)no1)N1CCN(C(=O)C2CC(F)(F)CN2)CC1.Cl.Cl. The monoisotopic (exact) mass is 469 g/mol. The summed E-state index contributed by atoms with van der Waals surface area (Å²) in [5.41, 5.74) is 0.